The van der Waals surface area contributed by atoms with E-state index in [1.54, 1.807) is 6.92 Å². The lowest BCUT2D eigenvalue weighted by atomic mass is 10.0. The molecule has 7 atom stereocenters. The summed E-state index contributed by atoms with van der Waals surface area (Å²) in [5, 5.41) is 38.9. The molecule has 21 heavy (non-hydrogen) atoms. The average Bonchev–Trinajstić information content (AvgIpc) is 2.72. The van der Waals surface area contributed by atoms with Crippen LogP contribution < -0.4 is 0 Å². The third-order valence-electron chi connectivity index (χ3n) is 3.55. The lowest BCUT2D eigenvalue weighted by Crippen LogP contribution is -2.43. The van der Waals surface area contributed by atoms with Gasteiger partial charge in [0.2, 0.25) is 0 Å². The first-order valence-corrected chi connectivity index (χ1v) is 6.89. The van der Waals surface area contributed by atoms with Gasteiger partial charge >= 0.3 is 0 Å². The number of methoxy groups -OCH3 is 2. The summed E-state index contributed by atoms with van der Waals surface area (Å²) in [6.07, 6.45) is -5.80. The molecule has 0 amide bonds. The van der Waals surface area contributed by atoms with E-state index in [4.69, 9.17) is 18.9 Å². The van der Waals surface area contributed by atoms with Crippen molar-refractivity contribution in [3.05, 3.63) is 0 Å². The fraction of sp³-hybridized carbons (Fsp3) is 1.00. The summed E-state index contributed by atoms with van der Waals surface area (Å²) in [5.41, 5.74) is 0. The molecule has 1 heterocycles. The Balaban J connectivity index is 2.40. The van der Waals surface area contributed by atoms with E-state index in [0.29, 0.717) is 0 Å². The van der Waals surface area contributed by atoms with E-state index in [1.165, 1.54) is 14.2 Å². The van der Waals surface area contributed by atoms with Gasteiger partial charge in [0.15, 0.2) is 6.29 Å². The summed E-state index contributed by atoms with van der Waals surface area (Å²) in [5.74, 6) is -0.293. The third-order valence-corrected chi connectivity index (χ3v) is 3.55. The van der Waals surface area contributed by atoms with Gasteiger partial charge in [-0.25, -0.2) is 0 Å². The van der Waals surface area contributed by atoms with Gasteiger partial charge in [0, 0.05) is 20.1 Å². The lowest BCUT2D eigenvalue weighted by molar-refractivity contribution is -0.184. The molecular weight excluding hydrogens is 284 g/mol. The molecule has 0 aromatic carbocycles. The molecule has 1 saturated heterocycles. The van der Waals surface area contributed by atoms with Crippen LogP contribution in [0.25, 0.3) is 0 Å². The van der Waals surface area contributed by atoms with Crippen molar-refractivity contribution >= 4 is 0 Å². The fourth-order valence-electron chi connectivity index (χ4n) is 2.19. The largest absolute Gasteiger partial charge is 0.390 e. The highest BCUT2D eigenvalue weighted by Crippen LogP contribution is 2.28. The molecule has 0 aromatic heterocycles. The Hall–Kier alpha value is -0.320. The van der Waals surface area contributed by atoms with Crippen molar-refractivity contribution in [3.63, 3.8) is 0 Å². The molecule has 0 aromatic rings. The van der Waals surface area contributed by atoms with Crippen molar-refractivity contribution in [1.82, 2.24) is 0 Å². The second kappa shape index (κ2) is 8.96. The van der Waals surface area contributed by atoms with Crippen LogP contribution in [0.2, 0.25) is 0 Å². The molecule has 1 fully saturated rings. The fourth-order valence-corrected chi connectivity index (χ4v) is 2.19. The number of rotatable bonds is 9. The first-order valence-electron chi connectivity index (χ1n) is 6.89. The molecule has 126 valence electrons. The van der Waals surface area contributed by atoms with Gasteiger partial charge in [-0.2, -0.15) is 0 Å². The van der Waals surface area contributed by atoms with Crippen LogP contribution in [0.5, 0.6) is 0 Å². The van der Waals surface area contributed by atoms with Crippen LogP contribution >= 0.6 is 0 Å². The van der Waals surface area contributed by atoms with Crippen LogP contribution in [0.15, 0.2) is 0 Å². The first-order chi connectivity index (χ1) is 9.92. The van der Waals surface area contributed by atoms with Crippen molar-refractivity contribution in [3.8, 4) is 0 Å². The summed E-state index contributed by atoms with van der Waals surface area (Å²) >= 11 is 0. The first kappa shape index (κ1) is 18.7. The highest BCUT2D eigenvalue weighted by atomic mass is 16.7. The molecular formula is C13H26O8. The SMILES string of the molecule is COCC(O)C(O)C(O)CO[C@@H]1O[C@H](COC)C(O)[C@@H]1C. The topological polar surface area (TPSA) is 118 Å². The van der Waals surface area contributed by atoms with E-state index < -0.39 is 36.8 Å². The van der Waals surface area contributed by atoms with E-state index in [-0.39, 0.29) is 25.7 Å². The zero-order valence-electron chi connectivity index (χ0n) is 12.6. The molecule has 8 nitrogen and oxygen atoms in total. The molecule has 1 aliphatic rings. The number of hydrogen-bond acceptors (Lipinski definition) is 8. The second-order valence-electron chi connectivity index (χ2n) is 5.26. The highest BCUT2D eigenvalue weighted by Gasteiger charge is 2.42. The van der Waals surface area contributed by atoms with Crippen molar-refractivity contribution in [2.45, 2.75) is 43.7 Å². The Labute approximate surface area is 124 Å². The second-order valence-corrected chi connectivity index (χ2v) is 5.26. The van der Waals surface area contributed by atoms with Gasteiger partial charge in [0.1, 0.15) is 24.4 Å². The zero-order chi connectivity index (χ0) is 16.0. The van der Waals surface area contributed by atoms with E-state index >= 15 is 0 Å². The Morgan fingerprint density at radius 3 is 2.24 bits per heavy atom. The third kappa shape index (κ3) is 5.11. The summed E-state index contributed by atoms with van der Waals surface area (Å²) in [6.45, 7) is 1.67. The Bertz CT molecular complexity index is 289. The number of aliphatic hydroxyl groups excluding tert-OH is 4. The van der Waals surface area contributed by atoms with Gasteiger partial charge in [-0.3, -0.25) is 0 Å². The van der Waals surface area contributed by atoms with E-state index in [1.807, 2.05) is 0 Å². The van der Waals surface area contributed by atoms with Crippen LogP contribution in [0.1, 0.15) is 6.92 Å². The molecule has 0 spiro atoms. The molecule has 8 heteroatoms. The highest BCUT2D eigenvalue weighted by molar-refractivity contribution is 4.84. The standard InChI is InChI=1S/C13H26O8/c1-7-11(16)10(6-19-3)21-13(7)20-5-9(15)12(17)8(14)4-18-2/h7-17H,4-6H2,1-3H3/t7-,8?,9?,10+,11?,12?,13+/m0/s1. The van der Waals surface area contributed by atoms with Crippen molar-refractivity contribution in [2.24, 2.45) is 5.92 Å². The summed E-state index contributed by atoms with van der Waals surface area (Å²) in [4.78, 5) is 0. The molecule has 1 rings (SSSR count). The summed E-state index contributed by atoms with van der Waals surface area (Å²) in [6, 6.07) is 0. The maximum absolute atomic E-state index is 9.94. The number of hydrogen-bond donors (Lipinski definition) is 4. The van der Waals surface area contributed by atoms with Gasteiger partial charge in [0.25, 0.3) is 0 Å². The summed E-state index contributed by atoms with van der Waals surface area (Å²) in [7, 11) is 2.89. The number of ether oxygens (including phenoxy) is 4. The van der Waals surface area contributed by atoms with E-state index in [2.05, 4.69) is 0 Å². The minimum Gasteiger partial charge on any atom is -0.390 e. The Morgan fingerprint density at radius 1 is 1.05 bits per heavy atom. The predicted molar refractivity (Wildman–Crippen MR) is 71.6 cm³/mol. The van der Waals surface area contributed by atoms with Gasteiger partial charge in [-0.1, -0.05) is 6.92 Å². The summed E-state index contributed by atoms with van der Waals surface area (Å²) < 4.78 is 20.5. The minimum atomic E-state index is -1.39. The zero-order valence-corrected chi connectivity index (χ0v) is 12.6. The lowest BCUT2D eigenvalue weighted by Gasteiger charge is -2.24. The van der Waals surface area contributed by atoms with Crippen LogP contribution in [0.3, 0.4) is 0 Å². The van der Waals surface area contributed by atoms with Crippen LogP contribution in [0.4, 0.5) is 0 Å². The Morgan fingerprint density at radius 2 is 1.67 bits per heavy atom. The maximum atomic E-state index is 9.94. The van der Waals surface area contributed by atoms with Gasteiger partial charge < -0.3 is 39.4 Å². The minimum absolute atomic E-state index is 0.0941. The normalized spacial score (nSPS) is 33.9. The molecule has 0 bridgehead atoms. The van der Waals surface area contributed by atoms with Crippen LogP contribution in [-0.4, -0.2) is 91.3 Å². The molecule has 4 N–H and O–H groups in total. The van der Waals surface area contributed by atoms with Crippen molar-refractivity contribution in [2.75, 3.05) is 34.0 Å². The van der Waals surface area contributed by atoms with E-state index in [0.717, 1.165) is 0 Å². The number of aliphatic hydroxyl groups is 4. The maximum Gasteiger partial charge on any atom is 0.163 e. The monoisotopic (exact) mass is 310 g/mol. The van der Waals surface area contributed by atoms with Gasteiger partial charge in [0.05, 0.1) is 25.9 Å². The van der Waals surface area contributed by atoms with Crippen molar-refractivity contribution < 1.29 is 39.4 Å². The average molecular weight is 310 g/mol. The van der Waals surface area contributed by atoms with Crippen LogP contribution in [-0.2, 0) is 18.9 Å². The molecule has 1 aliphatic heterocycles. The Kier molecular flexibility index (Phi) is 7.99. The smallest absolute Gasteiger partial charge is 0.163 e. The molecule has 0 saturated carbocycles. The molecule has 4 unspecified atom stereocenters. The van der Waals surface area contributed by atoms with Gasteiger partial charge in [-0.15, -0.1) is 0 Å². The van der Waals surface area contributed by atoms with Crippen LogP contribution in [0, 0.1) is 5.92 Å². The van der Waals surface area contributed by atoms with Crippen molar-refractivity contribution in [1.29, 1.82) is 0 Å². The molecule has 0 radical (unpaired) electrons. The predicted octanol–water partition coefficient (Wildman–Crippen LogP) is -1.90. The quantitative estimate of drug-likeness (QED) is 0.390. The van der Waals surface area contributed by atoms with E-state index in [9.17, 15) is 20.4 Å². The van der Waals surface area contributed by atoms with Gasteiger partial charge in [-0.05, 0) is 0 Å². The molecule has 0 aliphatic carbocycles.